The summed E-state index contributed by atoms with van der Waals surface area (Å²) in [5, 5.41) is 0. The number of sulfonamides is 1. The molecule has 2 rings (SSSR count). The molecule has 6 heteroatoms. The number of rotatable bonds is 4. The predicted octanol–water partition coefficient (Wildman–Crippen LogP) is 2.03. The summed E-state index contributed by atoms with van der Waals surface area (Å²) in [7, 11) is -3.35. The maximum Gasteiger partial charge on any atom is 0.243 e. The molecule has 1 aliphatic heterocycles. The summed E-state index contributed by atoms with van der Waals surface area (Å²) in [6.45, 7) is 5.10. The highest BCUT2D eigenvalue weighted by Gasteiger charge is 2.33. The first-order valence-corrected chi connectivity index (χ1v) is 8.24. The van der Waals surface area contributed by atoms with Crippen LogP contribution in [0.15, 0.2) is 29.2 Å². The molecule has 1 aromatic carbocycles. The maximum atomic E-state index is 12.5. The predicted molar refractivity (Wildman–Crippen MR) is 83.6 cm³/mol. The first kappa shape index (κ1) is 17.4. The molecule has 1 saturated heterocycles. The minimum absolute atomic E-state index is 0. The van der Waals surface area contributed by atoms with Crippen molar-refractivity contribution in [1.82, 2.24) is 4.31 Å². The smallest absolute Gasteiger partial charge is 0.243 e. The van der Waals surface area contributed by atoms with Crippen LogP contribution in [-0.2, 0) is 16.4 Å². The van der Waals surface area contributed by atoms with Crippen molar-refractivity contribution in [2.75, 3.05) is 13.1 Å². The van der Waals surface area contributed by atoms with Gasteiger partial charge in [0.05, 0.1) is 4.90 Å². The molecule has 0 aromatic heterocycles. The Labute approximate surface area is 127 Å². The van der Waals surface area contributed by atoms with Gasteiger partial charge in [-0.05, 0) is 43.4 Å². The molecule has 114 valence electrons. The van der Waals surface area contributed by atoms with E-state index in [9.17, 15) is 8.42 Å². The third kappa shape index (κ3) is 3.52. The number of nitrogens with two attached hydrogens (primary N) is 1. The van der Waals surface area contributed by atoms with Gasteiger partial charge >= 0.3 is 0 Å². The lowest BCUT2D eigenvalue weighted by Gasteiger charge is -2.18. The van der Waals surface area contributed by atoms with E-state index in [1.165, 1.54) is 0 Å². The van der Waals surface area contributed by atoms with Crippen LogP contribution in [0.3, 0.4) is 0 Å². The van der Waals surface area contributed by atoms with E-state index in [0.717, 1.165) is 18.4 Å². The molecule has 4 nitrogen and oxygen atoms in total. The van der Waals surface area contributed by atoms with Gasteiger partial charge in [-0.2, -0.15) is 4.31 Å². The molecule has 1 aromatic rings. The van der Waals surface area contributed by atoms with Crippen molar-refractivity contribution in [3.8, 4) is 0 Å². The van der Waals surface area contributed by atoms with E-state index < -0.39 is 10.0 Å². The Morgan fingerprint density at radius 2 is 1.95 bits per heavy atom. The molecule has 2 unspecified atom stereocenters. The highest BCUT2D eigenvalue weighted by Crippen LogP contribution is 2.25. The van der Waals surface area contributed by atoms with Gasteiger partial charge in [0, 0.05) is 19.1 Å². The first-order chi connectivity index (χ1) is 8.95. The number of hydrogen-bond donors (Lipinski definition) is 1. The number of hydrogen-bond acceptors (Lipinski definition) is 3. The summed E-state index contributed by atoms with van der Waals surface area (Å²) in [4.78, 5) is 0.384. The maximum absolute atomic E-state index is 12.5. The molecule has 1 fully saturated rings. The van der Waals surface area contributed by atoms with Crippen LogP contribution in [0.25, 0.3) is 0 Å². The van der Waals surface area contributed by atoms with Crippen LogP contribution in [-0.4, -0.2) is 31.9 Å². The summed E-state index contributed by atoms with van der Waals surface area (Å²) < 4.78 is 26.5. The molecule has 0 radical (unpaired) electrons. The molecule has 0 bridgehead atoms. The monoisotopic (exact) mass is 318 g/mol. The second kappa shape index (κ2) is 6.89. The van der Waals surface area contributed by atoms with Gasteiger partial charge in [-0.25, -0.2) is 8.42 Å². The summed E-state index contributed by atoms with van der Waals surface area (Å²) >= 11 is 0. The van der Waals surface area contributed by atoms with E-state index in [4.69, 9.17) is 5.73 Å². The molecule has 2 atom stereocenters. The van der Waals surface area contributed by atoms with E-state index in [2.05, 4.69) is 6.92 Å². The minimum atomic E-state index is -3.35. The number of halogens is 1. The standard InChI is InChI=1S/C14H22N2O2S.ClH/c1-3-12-4-6-14(7-5-12)19(17,18)16-9-8-13(10-16)11(2)15;/h4-7,11,13H,3,8-10,15H2,1-2H3;1H. The Bertz CT molecular complexity index is 529. The van der Waals surface area contributed by atoms with Crippen molar-refractivity contribution in [3.05, 3.63) is 29.8 Å². The highest BCUT2D eigenvalue weighted by atomic mass is 35.5. The van der Waals surface area contributed by atoms with Crippen LogP contribution >= 0.6 is 12.4 Å². The van der Waals surface area contributed by atoms with Crippen molar-refractivity contribution >= 4 is 22.4 Å². The normalized spacial score (nSPS) is 21.4. The summed E-state index contributed by atoms with van der Waals surface area (Å²) in [6.07, 6.45) is 1.76. The molecule has 1 aliphatic rings. The van der Waals surface area contributed by atoms with Crippen molar-refractivity contribution in [3.63, 3.8) is 0 Å². The third-order valence-electron chi connectivity index (χ3n) is 3.90. The second-order valence-corrected chi connectivity index (χ2v) is 7.21. The highest BCUT2D eigenvalue weighted by molar-refractivity contribution is 7.89. The van der Waals surface area contributed by atoms with Gasteiger partial charge in [0.25, 0.3) is 0 Å². The first-order valence-electron chi connectivity index (χ1n) is 6.80. The summed E-state index contributed by atoms with van der Waals surface area (Å²) in [6, 6.07) is 7.21. The molecule has 0 saturated carbocycles. The van der Waals surface area contributed by atoms with Gasteiger partial charge in [-0.1, -0.05) is 19.1 Å². The van der Waals surface area contributed by atoms with Crippen LogP contribution in [0.2, 0.25) is 0 Å². The molecular weight excluding hydrogens is 296 g/mol. The van der Waals surface area contributed by atoms with Crippen molar-refractivity contribution in [1.29, 1.82) is 0 Å². The van der Waals surface area contributed by atoms with E-state index in [1.54, 1.807) is 16.4 Å². The Kier molecular flexibility index (Phi) is 6.01. The van der Waals surface area contributed by atoms with Crippen LogP contribution in [0, 0.1) is 5.92 Å². The minimum Gasteiger partial charge on any atom is -0.328 e. The summed E-state index contributed by atoms with van der Waals surface area (Å²) in [5.74, 6) is 0.268. The molecule has 2 N–H and O–H groups in total. The van der Waals surface area contributed by atoms with Crippen LogP contribution in [0.5, 0.6) is 0 Å². The number of nitrogens with zero attached hydrogens (tertiary/aromatic N) is 1. The topological polar surface area (TPSA) is 63.4 Å². The fraction of sp³-hybridized carbons (Fsp3) is 0.571. The molecule has 20 heavy (non-hydrogen) atoms. The zero-order valence-electron chi connectivity index (χ0n) is 12.0. The van der Waals surface area contributed by atoms with Crippen LogP contribution in [0.4, 0.5) is 0 Å². The fourth-order valence-corrected chi connectivity index (χ4v) is 3.96. The van der Waals surface area contributed by atoms with Gasteiger partial charge < -0.3 is 5.73 Å². The Balaban J connectivity index is 0.00000200. The van der Waals surface area contributed by atoms with Gasteiger partial charge in [0.15, 0.2) is 0 Å². The van der Waals surface area contributed by atoms with E-state index >= 15 is 0 Å². The lowest BCUT2D eigenvalue weighted by molar-refractivity contribution is 0.429. The molecule has 0 amide bonds. The summed E-state index contributed by atoms with van der Waals surface area (Å²) in [5.41, 5.74) is 7.01. The quantitative estimate of drug-likeness (QED) is 0.924. The second-order valence-electron chi connectivity index (χ2n) is 5.27. The van der Waals surface area contributed by atoms with Crippen molar-refractivity contribution in [2.24, 2.45) is 11.7 Å². The van der Waals surface area contributed by atoms with Crippen LogP contribution < -0.4 is 5.73 Å². The Morgan fingerprint density at radius 3 is 2.40 bits per heavy atom. The average molecular weight is 319 g/mol. The van der Waals surface area contributed by atoms with Gasteiger partial charge in [-0.3, -0.25) is 0 Å². The largest absolute Gasteiger partial charge is 0.328 e. The average Bonchev–Trinajstić information content (AvgIpc) is 2.89. The van der Waals surface area contributed by atoms with Crippen molar-refractivity contribution < 1.29 is 8.42 Å². The van der Waals surface area contributed by atoms with Gasteiger partial charge in [0.1, 0.15) is 0 Å². The van der Waals surface area contributed by atoms with Crippen LogP contribution in [0.1, 0.15) is 25.8 Å². The van der Waals surface area contributed by atoms with Crippen molar-refractivity contribution in [2.45, 2.75) is 37.6 Å². The molecule has 0 spiro atoms. The Morgan fingerprint density at radius 1 is 1.35 bits per heavy atom. The number of aryl methyl sites for hydroxylation is 1. The zero-order valence-corrected chi connectivity index (χ0v) is 13.6. The lowest BCUT2D eigenvalue weighted by atomic mass is 10.0. The Hall–Kier alpha value is -0.620. The third-order valence-corrected chi connectivity index (χ3v) is 5.78. The molecule has 0 aliphatic carbocycles. The van der Waals surface area contributed by atoms with E-state index in [0.29, 0.717) is 18.0 Å². The molecular formula is C14H23ClN2O2S. The zero-order chi connectivity index (χ0) is 14.0. The lowest BCUT2D eigenvalue weighted by Crippen LogP contribution is -2.33. The molecule has 1 heterocycles. The SMILES string of the molecule is CCc1ccc(S(=O)(=O)N2CCC(C(C)N)C2)cc1.Cl. The fourth-order valence-electron chi connectivity index (χ4n) is 2.45. The number of benzene rings is 1. The van der Waals surface area contributed by atoms with Gasteiger partial charge in [0.2, 0.25) is 10.0 Å². The van der Waals surface area contributed by atoms with E-state index in [1.807, 2.05) is 19.1 Å². The van der Waals surface area contributed by atoms with E-state index in [-0.39, 0.29) is 24.4 Å². The van der Waals surface area contributed by atoms with Gasteiger partial charge in [-0.15, -0.1) is 12.4 Å².